The maximum absolute atomic E-state index is 9.50. The Labute approximate surface area is 74.6 Å². The van der Waals surface area contributed by atoms with Crippen molar-refractivity contribution in [1.82, 2.24) is 0 Å². The topological polar surface area (TPSA) is 88.4 Å². The zero-order valence-corrected chi connectivity index (χ0v) is 7.03. The number of methoxy groups -OCH3 is 1. The highest BCUT2D eigenvalue weighted by Gasteiger charge is 2.54. The molecule has 2 aliphatic rings. The van der Waals surface area contributed by atoms with Gasteiger partial charge in [-0.2, -0.15) is 0 Å². The molecule has 2 heterocycles. The molecule has 0 amide bonds. The molecule has 0 spiro atoms. The molecule has 0 aromatic rings. The first kappa shape index (κ1) is 9.32. The van der Waals surface area contributed by atoms with E-state index in [1.807, 2.05) is 0 Å². The van der Waals surface area contributed by atoms with Crippen LogP contribution in [-0.4, -0.2) is 59.4 Å². The van der Waals surface area contributed by atoms with Crippen LogP contribution in [0.25, 0.3) is 0 Å². The van der Waals surface area contributed by atoms with E-state index in [1.54, 1.807) is 0 Å². The van der Waals surface area contributed by atoms with E-state index < -0.39 is 37.0 Å². The van der Waals surface area contributed by atoms with Crippen LogP contribution in [-0.2, 0) is 14.2 Å². The van der Waals surface area contributed by atoms with Gasteiger partial charge in [-0.25, -0.2) is 0 Å². The second-order valence-electron chi connectivity index (χ2n) is 3.18. The van der Waals surface area contributed by atoms with E-state index in [0.29, 0.717) is 0 Å². The Morgan fingerprint density at radius 1 is 1.00 bits per heavy atom. The normalized spacial score (nSPS) is 55.4. The van der Waals surface area contributed by atoms with Gasteiger partial charge in [0.15, 0.2) is 12.6 Å². The minimum atomic E-state index is -1.20. The van der Waals surface area contributed by atoms with Crippen LogP contribution < -0.4 is 0 Å². The summed E-state index contributed by atoms with van der Waals surface area (Å²) in [6.45, 7) is 0. The number of ether oxygens (including phenoxy) is 3. The van der Waals surface area contributed by atoms with Gasteiger partial charge >= 0.3 is 0 Å². The smallest absolute Gasteiger partial charge is 0.186 e. The lowest BCUT2D eigenvalue weighted by atomic mass is 10.0. The van der Waals surface area contributed by atoms with E-state index in [1.165, 1.54) is 7.11 Å². The van der Waals surface area contributed by atoms with Gasteiger partial charge in [-0.1, -0.05) is 0 Å². The molecule has 2 bridgehead atoms. The third-order valence-corrected chi connectivity index (χ3v) is 2.39. The Balaban J connectivity index is 2.16. The van der Waals surface area contributed by atoms with E-state index in [-0.39, 0.29) is 0 Å². The summed E-state index contributed by atoms with van der Waals surface area (Å²) in [4.78, 5) is 0. The highest BCUT2D eigenvalue weighted by molar-refractivity contribution is 4.96. The number of aliphatic hydroxyl groups excluding tert-OH is 3. The minimum absolute atomic E-state index is 0.835. The molecule has 0 radical (unpaired) electrons. The molecule has 6 heteroatoms. The van der Waals surface area contributed by atoms with Gasteiger partial charge in [0.2, 0.25) is 0 Å². The molecule has 1 unspecified atom stereocenters. The molecule has 6 atom stereocenters. The Morgan fingerprint density at radius 2 is 1.69 bits per heavy atom. The van der Waals surface area contributed by atoms with Crippen molar-refractivity contribution >= 4 is 0 Å². The fourth-order valence-electron chi connectivity index (χ4n) is 1.69. The van der Waals surface area contributed by atoms with Gasteiger partial charge in [-0.3, -0.25) is 0 Å². The molecule has 2 fully saturated rings. The molecule has 6 nitrogen and oxygen atoms in total. The Hall–Kier alpha value is -0.240. The number of aliphatic hydroxyl groups is 3. The fourth-order valence-corrected chi connectivity index (χ4v) is 1.69. The van der Waals surface area contributed by atoms with E-state index in [4.69, 9.17) is 14.2 Å². The van der Waals surface area contributed by atoms with Gasteiger partial charge in [0.1, 0.15) is 24.4 Å². The molecule has 2 rings (SSSR count). The first-order chi connectivity index (χ1) is 6.15. The van der Waals surface area contributed by atoms with Crippen LogP contribution in [0, 0.1) is 0 Å². The van der Waals surface area contributed by atoms with Crippen LogP contribution in [0.1, 0.15) is 0 Å². The average molecular weight is 192 g/mol. The van der Waals surface area contributed by atoms with E-state index in [2.05, 4.69) is 0 Å². The lowest BCUT2D eigenvalue weighted by Gasteiger charge is -2.33. The maximum atomic E-state index is 9.50. The summed E-state index contributed by atoms with van der Waals surface area (Å²) in [6, 6.07) is 0. The molecule has 0 aliphatic carbocycles. The van der Waals surface area contributed by atoms with Crippen molar-refractivity contribution in [3.8, 4) is 0 Å². The standard InChI is InChI=1S/C7H12O6/c1-11-7-3(9)4-2(8)5(13-7)6(10)12-4/h2-10H,1H3/t2-,3+,4-,5-,6?,7-/m0/s1. The molecule has 2 saturated heterocycles. The second kappa shape index (κ2) is 3.16. The Bertz CT molecular complexity index is 197. The summed E-state index contributed by atoms with van der Waals surface area (Å²) >= 11 is 0. The molecule has 76 valence electrons. The molecule has 0 saturated carbocycles. The van der Waals surface area contributed by atoms with Gasteiger partial charge in [-0.05, 0) is 0 Å². The van der Waals surface area contributed by atoms with Crippen molar-refractivity contribution in [1.29, 1.82) is 0 Å². The van der Waals surface area contributed by atoms with Gasteiger partial charge in [0, 0.05) is 7.11 Å². The van der Waals surface area contributed by atoms with Crippen LogP contribution >= 0.6 is 0 Å². The summed E-state index contributed by atoms with van der Waals surface area (Å²) in [7, 11) is 1.37. The van der Waals surface area contributed by atoms with Crippen LogP contribution in [0.2, 0.25) is 0 Å². The van der Waals surface area contributed by atoms with Crippen LogP contribution in [0.3, 0.4) is 0 Å². The summed E-state index contributed by atoms with van der Waals surface area (Å²) < 4.78 is 14.8. The summed E-state index contributed by atoms with van der Waals surface area (Å²) in [5, 5.41) is 28.2. The van der Waals surface area contributed by atoms with Gasteiger partial charge in [0.05, 0.1) is 0 Å². The van der Waals surface area contributed by atoms with E-state index in [9.17, 15) is 15.3 Å². The molecule has 0 aromatic carbocycles. The maximum Gasteiger partial charge on any atom is 0.186 e. The molecule has 13 heavy (non-hydrogen) atoms. The minimum Gasteiger partial charge on any atom is -0.387 e. The lowest BCUT2D eigenvalue weighted by molar-refractivity contribution is -0.256. The molecule has 3 N–H and O–H groups in total. The molecule has 2 aliphatic heterocycles. The number of hydrogen-bond acceptors (Lipinski definition) is 6. The summed E-state index contributed by atoms with van der Waals surface area (Å²) in [6.07, 6.45) is -5.80. The zero-order valence-electron chi connectivity index (χ0n) is 7.03. The predicted octanol–water partition coefficient (Wildman–Crippen LogP) is -2.20. The first-order valence-electron chi connectivity index (χ1n) is 4.03. The van der Waals surface area contributed by atoms with Crippen LogP contribution in [0.15, 0.2) is 0 Å². The lowest BCUT2D eigenvalue weighted by Crippen LogP contribution is -2.54. The highest BCUT2D eigenvalue weighted by Crippen LogP contribution is 2.32. The largest absolute Gasteiger partial charge is 0.387 e. The monoisotopic (exact) mass is 192 g/mol. The van der Waals surface area contributed by atoms with Crippen molar-refractivity contribution in [2.45, 2.75) is 37.0 Å². The van der Waals surface area contributed by atoms with Crippen molar-refractivity contribution in [3.63, 3.8) is 0 Å². The van der Waals surface area contributed by atoms with E-state index >= 15 is 0 Å². The first-order valence-corrected chi connectivity index (χ1v) is 4.03. The van der Waals surface area contributed by atoms with Crippen LogP contribution in [0.5, 0.6) is 0 Å². The fraction of sp³-hybridized carbons (Fsp3) is 1.00. The predicted molar refractivity (Wildman–Crippen MR) is 38.6 cm³/mol. The number of hydrogen-bond donors (Lipinski definition) is 3. The van der Waals surface area contributed by atoms with Crippen molar-refractivity contribution in [3.05, 3.63) is 0 Å². The Kier molecular flexibility index (Phi) is 2.26. The van der Waals surface area contributed by atoms with Crippen molar-refractivity contribution < 1.29 is 29.5 Å². The zero-order chi connectivity index (χ0) is 9.59. The highest BCUT2D eigenvalue weighted by atomic mass is 16.7. The van der Waals surface area contributed by atoms with Crippen molar-refractivity contribution in [2.75, 3.05) is 7.11 Å². The van der Waals surface area contributed by atoms with Gasteiger partial charge in [-0.15, -0.1) is 0 Å². The molecule has 0 aromatic heterocycles. The van der Waals surface area contributed by atoms with E-state index in [0.717, 1.165) is 0 Å². The third-order valence-electron chi connectivity index (χ3n) is 2.39. The summed E-state index contributed by atoms with van der Waals surface area (Å²) in [5.41, 5.74) is 0. The molecular weight excluding hydrogens is 180 g/mol. The summed E-state index contributed by atoms with van der Waals surface area (Å²) in [5.74, 6) is 0. The molecular formula is C7H12O6. The van der Waals surface area contributed by atoms with Crippen molar-refractivity contribution in [2.24, 2.45) is 0 Å². The second-order valence-corrected chi connectivity index (χ2v) is 3.18. The average Bonchev–Trinajstić information content (AvgIpc) is 2.30. The quantitative estimate of drug-likeness (QED) is 0.437. The number of rotatable bonds is 1. The Morgan fingerprint density at radius 3 is 2.31 bits per heavy atom. The number of fused-ring (bicyclic) bond motifs is 2. The third kappa shape index (κ3) is 1.26. The SMILES string of the molecule is CO[C@H]1O[C@@H]2C(O)O[C@H]([C@H]1O)[C@@H]2O. The van der Waals surface area contributed by atoms with Crippen LogP contribution in [0.4, 0.5) is 0 Å². The van der Waals surface area contributed by atoms with Gasteiger partial charge in [0.25, 0.3) is 0 Å². The van der Waals surface area contributed by atoms with Gasteiger partial charge < -0.3 is 29.5 Å².